The lowest BCUT2D eigenvalue weighted by atomic mass is 9.86. The molecule has 1 aliphatic carbocycles. The van der Waals surface area contributed by atoms with Gasteiger partial charge in [0.05, 0.1) is 24.8 Å². The standard InChI is InChI=1S/C18H30N4O2S/c1-5-19-18(20-11-16-21-12(3)13(4)25-16)22-15-9-7-14(8-10-15)17(23)24-6-2/h14-15H,5-11H2,1-4H3,(H2,19,20,22). The van der Waals surface area contributed by atoms with Gasteiger partial charge in [0.2, 0.25) is 0 Å². The van der Waals surface area contributed by atoms with E-state index in [-0.39, 0.29) is 11.9 Å². The smallest absolute Gasteiger partial charge is 0.308 e. The van der Waals surface area contributed by atoms with E-state index in [4.69, 9.17) is 4.74 Å². The number of aryl methyl sites for hydroxylation is 2. The number of thiazole rings is 1. The SMILES string of the molecule is CCNC(=NCc1nc(C)c(C)s1)NC1CCC(C(=O)OCC)CC1. The van der Waals surface area contributed by atoms with E-state index < -0.39 is 0 Å². The van der Waals surface area contributed by atoms with Crippen LogP contribution in [0.2, 0.25) is 0 Å². The molecule has 0 bridgehead atoms. The number of carbonyl (C=O) groups is 1. The summed E-state index contributed by atoms with van der Waals surface area (Å²) in [6.07, 6.45) is 3.67. The second-order valence-electron chi connectivity index (χ2n) is 6.39. The van der Waals surface area contributed by atoms with Crippen molar-refractivity contribution in [3.05, 3.63) is 15.6 Å². The highest BCUT2D eigenvalue weighted by Gasteiger charge is 2.27. The van der Waals surface area contributed by atoms with Gasteiger partial charge in [0.15, 0.2) is 5.96 Å². The molecule has 0 aromatic carbocycles. The Balaban J connectivity index is 1.87. The zero-order valence-corrected chi connectivity index (χ0v) is 16.5. The molecule has 2 N–H and O–H groups in total. The Kier molecular flexibility index (Phi) is 7.68. The van der Waals surface area contributed by atoms with E-state index in [0.29, 0.717) is 19.2 Å². The van der Waals surface area contributed by atoms with Gasteiger partial charge in [-0.3, -0.25) is 4.79 Å². The van der Waals surface area contributed by atoms with Gasteiger partial charge in [0.1, 0.15) is 5.01 Å². The van der Waals surface area contributed by atoms with Gasteiger partial charge >= 0.3 is 5.97 Å². The monoisotopic (exact) mass is 366 g/mol. The van der Waals surface area contributed by atoms with Gasteiger partial charge in [-0.1, -0.05) is 0 Å². The van der Waals surface area contributed by atoms with Crippen molar-refractivity contribution in [2.75, 3.05) is 13.2 Å². The Bertz CT molecular complexity index is 572. The van der Waals surface area contributed by atoms with Gasteiger partial charge in [0.25, 0.3) is 0 Å². The predicted octanol–water partition coefficient (Wildman–Crippen LogP) is 2.94. The normalized spacial score (nSPS) is 21.0. The summed E-state index contributed by atoms with van der Waals surface area (Å²) in [6.45, 7) is 9.91. The number of nitrogens with zero attached hydrogens (tertiary/aromatic N) is 2. The first-order chi connectivity index (χ1) is 12.0. The Morgan fingerprint density at radius 3 is 2.56 bits per heavy atom. The molecule has 0 radical (unpaired) electrons. The molecule has 1 saturated carbocycles. The van der Waals surface area contributed by atoms with Crippen molar-refractivity contribution in [1.29, 1.82) is 0 Å². The summed E-state index contributed by atoms with van der Waals surface area (Å²) in [5.74, 6) is 0.836. The first-order valence-electron chi connectivity index (χ1n) is 9.17. The van der Waals surface area contributed by atoms with Crippen molar-refractivity contribution in [3.63, 3.8) is 0 Å². The van der Waals surface area contributed by atoms with Crippen LogP contribution in [0.1, 0.15) is 55.1 Å². The van der Waals surface area contributed by atoms with E-state index >= 15 is 0 Å². The van der Waals surface area contributed by atoms with Crippen LogP contribution in [0.3, 0.4) is 0 Å². The Morgan fingerprint density at radius 1 is 1.28 bits per heavy atom. The lowest BCUT2D eigenvalue weighted by Crippen LogP contribution is -2.45. The van der Waals surface area contributed by atoms with Crippen LogP contribution in [0.15, 0.2) is 4.99 Å². The van der Waals surface area contributed by atoms with Crippen LogP contribution < -0.4 is 10.6 Å². The first kappa shape index (κ1) is 19.7. The number of guanidine groups is 1. The number of nitrogens with one attached hydrogen (secondary N) is 2. The molecule has 0 spiro atoms. The Hall–Kier alpha value is -1.63. The fraction of sp³-hybridized carbons (Fsp3) is 0.722. The number of rotatable bonds is 6. The van der Waals surface area contributed by atoms with Gasteiger partial charge < -0.3 is 15.4 Å². The zero-order chi connectivity index (χ0) is 18.2. The quantitative estimate of drug-likeness (QED) is 0.460. The van der Waals surface area contributed by atoms with Crippen LogP contribution in [0.4, 0.5) is 0 Å². The fourth-order valence-corrected chi connectivity index (χ4v) is 3.86. The van der Waals surface area contributed by atoms with E-state index in [1.807, 2.05) is 13.8 Å². The summed E-state index contributed by atoms with van der Waals surface area (Å²) in [7, 11) is 0. The number of esters is 1. The molecule has 0 amide bonds. The molecule has 2 rings (SSSR count). The lowest BCUT2D eigenvalue weighted by molar-refractivity contribution is -0.149. The molecular formula is C18H30N4O2S. The third-order valence-electron chi connectivity index (χ3n) is 4.48. The molecule has 6 nitrogen and oxygen atoms in total. The molecule has 0 atom stereocenters. The third-order valence-corrected chi connectivity index (χ3v) is 5.54. The van der Waals surface area contributed by atoms with E-state index in [2.05, 4.69) is 34.5 Å². The first-order valence-corrected chi connectivity index (χ1v) is 9.99. The molecule has 0 aliphatic heterocycles. The minimum Gasteiger partial charge on any atom is -0.466 e. The minimum atomic E-state index is -0.0453. The second-order valence-corrected chi connectivity index (χ2v) is 7.68. The van der Waals surface area contributed by atoms with Crippen LogP contribution in [-0.2, 0) is 16.1 Å². The molecule has 0 unspecified atom stereocenters. The average Bonchev–Trinajstić information content (AvgIpc) is 2.92. The molecule has 25 heavy (non-hydrogen) atoms. The molecule has 0 saturated heterocycles. The van der Waals surface area contributed by atoms with Gasteiger partial charge in [-0.05, 0) is 53.4 Å². The van der Waals surface area contributed by atoms with Crippen molar-refractivity contribution in [1.82, 2.24) is 15.6 Å². The number of aromatic nitrogens is 1. The maximum absolute atomic E-state index is 11.8. The van der Waals surface area contributed by atoms with Crippen molar-refractivity contribution in [2.24, 2.45) is 10.9 Å². The lowest BCUT2D eigenvalue weighted by Gasteiger charge is -2.29. The number of ether oxygens (including phenoxy) is 1. The van der Waals surface area contributed by atoms with Gasteiger partial charge in [-0.2, -0.15) is 0 Å². The molecule has 140 valence electrons. The molecule has 1 aliphatic rings. The van der Waals surface area contributed by atoms with Crippen LogP contribution in [0.5, 0.6) is 0 Å². The number of carbonyl (C=O) groups excluding carboxylic acids is 1. The van der Waals surface area contributed by atoms with Crippen molar-refractivity contribution < 1.29 is 9.53 Å². The summed E-state index contributed by atoms with van der Waals surface area (Å²) in [4.78, 5) is 22.3. The van der Waals surface area contributed by atoms with Gasteiger partial charge in [0, 0.05) is 17.5 Å². The molecule has 7 heteroatoms. The third kappa shape index (κ3) is 5.99. The number of hydrogen-bond donors (Lipinski definition) is 2. The van der Waals surface area contributed by atoms with Crippen molar-refractivity contribution in [3.8, 4) is 0 Å². The van der Waals surface area contributed by atoms with Crippen LogP contribution >= 0.6 is 11.3 Å². The topological polar surface area (TPSA) is 75.6 Å². The fourth-order valence-electron chi connectivity index (χ4n) is 3.00. The largest absolute Gasteiger partial charge is 0.466 e. The van der Waals surface area contributed by atoms with Gasteiger partial charge in [-0.25, -0.2) is 9.98 Å². The minimum absolute atomic E-state index is 0.0453. The molecule has 1 fully saturated rings. The molecule has 1 aromatic rings. The van der Waals surface area contributed by atoms with Crippen molar-refractivity contribution >= 4 is 23.3 Å². The van der Waals surface area contributed by atoms with E-state index in [1.165, 1.54) is 4.88 Å². The molecule has 1 heterocycles. The van der Waals surface area contributed by atoms with Crippen LogP contribution in [0, 0.1) is 19.8 Å². The summed E-state index contributed by atoms with van der Waals surface area (Å²) in [6, 6.07) is 0.350. The summed E-state index contributed by atoms with van der Waals surface area (Å²) in [5, 5.41) is 7.84. The van der Waals surface area contributed by atoms with E-state index in [9.17, 15) is 4.79 Å². The van der Waals surface area contributed by atoms with Crippen molar-refractivity contribution in [2.45, 2.75) is 66.0 Å². The average molecular weight is 367 g/mol. The highest BCUT2D eigenvalue weighted by Crippen LogP contribution is 2.25. The van der Waals surface area contributed by atoms with Crippen LogP contribution in [0.25, 0.3) is 0 Å². The predicted molar refractivity (Wildman–Crippen MR) is 102 cm³/mol. The second kappa shape index (κ2) is 9.75. The van der Waals surface area contributed by atoms with Crippen LogP contribution in [-0.4, -0.2) is 36.1 Å². The van der Waals surface area contributed by atoms with E-state index in [0.717, 1.165) is 48.9 Å². The number of hydrogen-bond acceptors (Lipinski definition) is 5. The summed E-state index contributed by atoms with van der Waals surface area (Å²) >= 11 is 1.70. The molecule has 1 aromatic heterocycles. The highest BCUT2D eigenvalue weighted by atomic mass is 32.1. The van der Waals surface area contributed by atoms with E-state index in [1.54, 1.807) is 11.3 Å². The Morgan fingerprint density at radius 2 is 2.00 bits per heavy atom. The highest BCUT2D eigenvalue weighted by molar-refractivity contribution is 7.11. The maximum atomic E-state index is 11.8. The molecular weight excluding hydrogens is 336 g/mol. The number of aliphatic imine (C=N–C) groups is 1. The van der Waals surface area contributed by atoms with Gasteiger partial charge in [-0.15, -0.1) is 11.3 Å². The maximum Gasteiger partial charge on any atom is 0.308 e. The zero-order valence-electron chi connectivity index (χ0n) is 15.7. The Labute approximate surface area is 154 Å². The summed E-state index contributed by atoms with van der Waals surface area (Å²) in [5.41, 5.74) is 1.09. The summed E-state index contributed by atoms with van der Waals surface area (Å²) < 4.78 is 5.13.